The van der Waals surface area contributed by atoms with Gasteiger partial charge in [-0.3, -0.25) is 0 Å². The van der Waals surface area contributed by atoms with E-state index >= 15 is 0 Å². The molecule has 3 nitrogen and oxygen atoms in total. The summed E-state index contributed by atoms with van der Waals surface area (Å²) in [5.41, 5.74) is 0.845. The van der Waals surface area contributed by atoms with Crippen molar-refractivity contribution < 1.29 is 9.53 Å². The first kappa shape index (κ1) is 15.3. The van der Waals surface area contributed by atoms with Gasteiger partial charge in [-0.1, -0.05) is 24.9 Å². The Morgan fingerprint density at radius 1 is 1.50 bits per heavy atom. The van der Waals surface area contributed by atoms with E-state index < -0.39 is 0 Å². The van der Waals surface area contributed by atoms with Gasteiger partial charge in [0.15, 0.2) is 0 Å². The molecule has 1 N–H and O–H groups in total. The molecule has 1 rings (SSSR count). The Morgan fingerprint density at radius 2 is 2.22 bits per heavy atom. The molecule has 0 aliphatic heterocycles. The molecule has 1 unspecified atom stereocenters. The largest absolute Gasteiger partial charge is 0.464 e. The Labute approximate surface area is 121 Å². The Balaban J connectivity index is 2.76. The van der Waals surface area contributed by atoms with Crippen molar-refractivity contribution in [3.63, 3.8) is 0 Å². The van der Waals surface area contributed by atoms with E-state index in [0.29, 0.717) is 11.6 Å². The Morgan fingerprint density at radius 3 is 2.78 bits per heavy atom. The zero-order valence-electron chi connectivity index (χ0n) is 10.5. The molecule has 1 aromatic rings. The Bertz CT molecular complexity index is 412. The summed E-state index contributed by atoms with van der Waals surface area (Å²) in [6, 6.07) is 5.16. The SMILES string of the molecule is CCCC(Nc1ccc(Cl)c(Br)c1)C(=O)OCC. The maximum atomic E-state index is 11.8. The summed E-state index contributed by atoms with van der Waals surface area (Å²) < 4.78 is 5.84. The second-order valence-corrected chi connectivity index (χ2v) is 5.13. The van der Waals surface area contributed by atoms with Crippen molar-refractivity contribution in [1.29, 1.82) is 0 Å². The number of esters is 1. The molecule has 0 aliphatic carbocycles. The van der Waals surface area contributed by atoms with E-state index in [1.165, 1.54) is 0 Å². The summed E-state index contributed by atoms with van der Waals surface area (Å²) in [6.07, 6.45) is 1.64. The highest BCUT2D eigenvalue weighted by molar-refractivity contribution is 9.10. The number of ether oxygens (including phenoxy) is 1. The first-order valence-corrected chi connectivity index (χ1v) is 7.13. The summed E-state index contributed by atoms with van der Waals surface area (Å²) in [7, 11) is 0. The fraction of sp³-hybridized carbons (Fsp3) is 0.462. The first-order valence-electron chi connectivity index (χ1n) is 5.96. The highest BCUT2D eigenvalue weighted by atomic mass is 79.9. The molecule has 0 bridgehead atoms. The number of carbonyl (C=O) groups is 1. The van der Waals surface area contributed by atoms with Crippen molar-refractivity contribution in [1.82, 2.24) is 0 Å². The normalized spacial score (nSPS) is 12.0. The van der Waals surface area contributed by atoms with E-state index in [0.717, 1.165) is 23.0 Å². The Kier molecular flexibility index (Phi) is 6.50. The van der Waals surface area contributed by atoms with E-state index in [1.54, 1.807) is 13.0 Å². The molecule has 100 valence electrons. The molecule has 0 fully saturated rings. The predicted octanol–water partition coefficient (Wildman–Crippen LogP) is 4.25. The topological polar surface area (TPSA) is 38.3 Å². The predicted molar refractivity (Wildman–Crippen MR) is 78.1 cm³/mol. The van der Waals surface area contributed by atoms with Crippen LogP contribution in [0.5, 0.6) is 0 Å². The van der Waals surface area contributed by atoms with Crippen LogP contribution in [0, 0.1) is 0 Å². The van der Waals surface area contributed by atoms with Crippen LogP contribution >= 0.6 is 27.5 Å². The number of hydrogen-bond donors (Lipinski definition) is 1. The molecule has 0 saturated carbocycles. The third kappa shape index (κ3) is 4.50. The number of rotatable bonds is 6. The minimum atomic E-state index is -0.317. The van der Waals surface area contributed by atoms with Crippen LogP contribution in [0.1, 0.15) is 26.7 Å². The standard InChI is InChI=1S/C13H17BrClNO2/c1-3-5-12(13(17)18-4-2)16-9-6-7-11(15)10(14)8-9/h6-8,12,16H,3-5H2,1-2H3. The molecular weight excluding hydrogens is 318 g/mol. The van der Waals surface area contributed by atoms with Gasteiger partial charge in [0, 0.05) is 10.2 Å². The highest BCUT2D eigenvalue weighted by Gasteiger charge is 2.18. The van der Waals surface area contributed by atoms with Crippen LogP contribution in [0.15, 0.2) is 22.7 Å². The molecule has 5 heteroatoms. The minimum absolute atomic E-state index is 0.217. The number of carbonyl (C=O) groups excluding carboxylic acids is 1. The lowest BCUT2D eigenvalue weighted by Crippen LogP contribution is -2.31. The number of benzene rings is 1. The maximum absolute atomic E-state index is 11.8. The monoisotopic (exact) mass is 333 g/mol. The van der Waals surface area contributed by atoms with Crippen LogP contribution in [-0.2, 0) is 9.53 Å². The first-order chi connectivity index (χ1) is 8.58. The molecule has 0 radical (unpaired) electrons. The zero-order valence-corrected chi connectivity index (χ0v) is 12.8. The fourth-order valence-electron chi connectivity index (χ4n) is 1.57. The van der Waals surface area contributed by atoms with Gasteiger partial charge in [-0.05, 0) is 47.5 Å². The van der Waals surface area contributed by atoms with Crippen molar-refractivity contribution in [3.05, 3.63) is 27.7 Å². The molecule has 0 aliphatic rings. The van der Waals surface area contributed by atoms with E-state index in [4.69, 9.17) is 16.3 Å². The van der Waals surface area contributed by atoms with Gasteiger partial charge in [-0.15, -0.1) is 0 Å². The van der Waals surface area contributed by atoms with Gasteiger partial charge in [0.1, 0.15) is 6.04 Å². The molecule has 0 heterocycles. The second kappa shape index (κ2) is 7.64. The maximum Gasteiger partial charge on any atom is 0.328 e. The van der Waals surface area contributed by atoms with Crippen LogP contribution in [0.3, 0.4) is 0 Å². The lowest BCUT2D eigenvalue weighted by molar-refractivity contribution is -0.144. The van der Waals surface area contributed by atoms with E-state index in [-0.39, 0.29) is 12.0 Å². The summed E-state index contributed by atoms with van der Waals surface area (Å²) >= 11 is 9.28. The van der Waals surface area contributed by atoms with Gasteiger partial charge in [0.25, 0.3) is 0 Å². The zero-order chi connectivity index (χ0) is 13.5. The molecular formula is C13H17BrClNO2. The Hall–Kier alpha value is -0.740. The average molecular weight is 335 g/mol. The van der Waals surface area contributed by atoms with Crippen LogP contribution < -0.4 is 5.32 Å². The van der Waals surface area contributed by atoms with Crippen molar-refractivity contribution >= 4 is 39.2 Å². The fourth-order valence-corrected chi connectivity index (χ4v) is 2.06. The lowest BCUT2D eigenvalue weighted by atomic mass is 10.1. The van der Waals surface area contributed by atoms with E-state index in [2.05, 4.69) is 21.2 Å². The van der Waals surface area contributed by atoms with Crippen molar-refractivity contribution in [2.24, 2.45) is 0 Å². The third-order valence-electron chi connectivity index (χ3n) is 2.41. The quantitative estimate of drug-likeness (QED) is 0.791. The van der Waals surface area contributed by atoms with Crippen LogP contribution in [-0.4, -0.2) is 18.6 Å². The average Bonchev–Trinajstić information content (AvgIpc) is 2.33. The molecule has 0 aromatic heterocycles. The molecule has 0 amide bonds. The van der Waals surface area contributed by atoms with Gasteiger partial charge in [-0.25, -0.2) is 4.79 Å². The summed E-state index contributed by atoms with van der Waals surface area (Å²) in [6.45, 7) is 4.23. The molecule has 0 spiro atoms. The van der Waals surface area contributed by atoms with Gasteiger partial charge in [0.05, 0.1) is 11.6 Å². The minimum Gasteiger partial charge on any atom is -0.464 e. The van der Waals surface area contributed by atoms with Gasteiger partial charge in [-0.2, -0.15) is 0 Å². The van der Waals surface area contributed by atoms with Crippen molar-refractivity contribution in [2.75, 3.05) is 11.9 Å². The number of hydrogen-bond acceptors (Lipinski definition) is 3. The van der Waals surface area contributed by atoms with Crippen molar-refractivity contribution in [2.45, 2.75) is 32.7 Å². The molecule has 1 atom stereocenters. The molecule has 1 aromatic carbocycles. The highest BCUT2D eigenvalue weighted by Crippen LogP contribution is 2.26. The third-order valence-corrected chi connectivity index (χ3v) is 3.62. The summed E-state index contributed by atoms with van der Waals surface area (Å²) in [5.74, 6) is -0.217. The van der Waals surface area contributed by atoms with Gasteiger partial charge < -0.3 is 10.1 Å². The lowest BCUT2D eigenvalue weighted by Gasteiger charge is -2.18. The number of halogens is 2. The number of nitrogens with one attached hydrogen (secondary N) is 1. The number of anilines is 1. The molecule has 18 heavy (non-hydrogen) atoms. The second-order valence-electron chi connectivity index (χ2n) is 3.87. The van der Waals surface area contributed by atoms with E-state index in [1.807, 2.05) is 19.1 Å². The molecule has 0 saturated heterocycles. The van der Waals surface area contributed by atoms with E-state index in [9.17, 15) is 4.79 Å². The van der Waals surface area contributed by atoms with Crippen LogP contribution in [0.4, 0.5) is 5.69 Å². The van der Waals surface area contributed by atoms with Gasteiger partial charge >= 0.3 is 5.97 Å². The smallest absolute Gasteiger partial charge is 0.328 e. The van der Waals surface area contributed by atoms with Crippen molar-refractivity contribution in [3.8, 4) is 0 Å². The van der Waals surface area contributed by atoms with Gasteiger partial charge in [0.2, 0.25) is 0 Å². The summed E-state index contributed by atoms with van der Waals surface area (Å²) in [4.78, 5) is 11.8. The van der Waals surface area contributed by atoms with Crippen LogP contribution in [0.25, 0.3) is 0 Å². The summed E-state index contributed by atoms with van der Waals surface area (Å²) in [5, 5.41) is 3.81. The van der Waals surface area contributed by atoms with Crippen LogP contribution in [0.2, 0.25) is 5.02 Å².